The topological polar surface area (TPSA) is 79.2 Å². The van der Waals surface area contributed by atoms with E-state index in [4.69, 9.17) is 19.4 Å². The minimum atomic E-state index is -0.250. The third kappa shape index (κ3) is 3.68. The maximum Gasteiger partial charge on any atom is 0.290 e. The first kappa shape index (κ1) is 21.1. The molecule has 3 aliphatic rings. The molecule has 162 valence electrons. The number of likely N-dealkylation sites (tertiary alicyclic amines) is 1. The molecule has 0 aliphatic carbocycles. The van der Waals surface area contributed by atoms with Crippen molar-refractivity contribution < 1.29 is 24.5 Å². The molecule has 3 aliphatic heterocycles. The van der Waals surface area contributed by atoms with Crippen molar-refractivity contribution in [2.45, 2.75) is 44.4 Å². The Labute approximate surface area is 177 Å². The second kappa shape index (κ2) is 8.92. The van der Waals surface area contributed by atoms with Gasteiger partial charge in [-0.1, -0.05) is 37.3 Å². The molecule has 1 spiro atoms. The molecule has 4 atom stereocenters. The van der Waals surface area contributed by atoms with E-state index >= 15 is 0 Å². The quantitative estimate of drug-likeness (QED) is 0.708. The number of fused-ring (bicyclic) bond motifs is 2. The highest BCUT2D eigenvalue weighted by Gasteiger charge is 2.62. The second-order valence-electron chi connectivity index (χ2n) is 8.60. The van der Waals surface area contributed by atoms with E-state index in [1.54, 1.807) is 0 Å². The van der Waals surface area contributed by atoms with Gasteiger partial charge in [0.1, 0.15) is 5.75 Å². The van der Waals surface area contributed by atoms with E-state index in [1.165, 1.54) is 16.3 Å². The van der Waals surface area contributed by atoms with Crippen LogP contribution in [-0.4, -0.2) is 59.6 Å². The average Bonchev–Trinajstić information content (AvgIpc) is 3.41. The summed E-state index contributed by atoms with van der Waals surface area (Å²) < 4.78 is 12.5. The number of ether oxygens (including phenoxy) is 2. The van der Waals surface area contributed by atoms with Gasteiger partial charge in [-0.25, -0.2) is 0 Å². The maximum atomic E-state index is 9.87. The van der Waals surface area contributed by atoms with Crippen molar-refractivity contribution in [1.82, 2.24) is 4.90 Å². The third-order valence-corrected chi connectivity index (χ3v) is 6.91. The first-order valence-corrected chi connectivity index (χ1v) is 10.9. The van der Waals surface area contributed by atoms with Crippen molar-refractivity contribution in [3.05, 3.63) is 42.0 Å². The number of carboxylic acid groups (broad SMARTS) is 1. The van der Waals surface area contributed by atoms with E-state index in [1.807, 2.05) is 0 Å². The van der Waals surface area contributed by atoms with Crippen LogP contribution in [0.4, 0.5) is 0 Å². The smallest absolute Gasteiger partial charge is 0.290 e. The van der Waals surface area contributed by atoms with Gasteiger partial charge in [-0.2, -0.15) is 0 Å². The van der Waals surface area contributed by atoms with Gasteiger partial charge in [-0.15, -0.1) is 0 Å². The van der Waals surface area contributed by atoms with Crippen LogP contribution in [0.3, 0.4) is 0 Å². The molecule has 3 fully saturated rings. The summed E-state index contributed by atoms with van der Waals surface area (Å²) >= 11 is 0. The van der Waals surface area contributed by atoms with Crippen molar-refractivity contribution >= 4 is 17.2 Å². The van der Waals surface area contributed by atoms with Crippen LogP contribution < -0.4 is 4.74 Å². The van der Waals surface area contributed by atoms with Gasteiger partial charge < -0.3 is 19.7 Å². The molecule has 5 rings (SSSR count). The number of carbonyl (C=O) groups is 1. The van der Waals surface area contributed by atoms with Crippen LogP contribution in [0.15, 0.2) is 36.4 Å². The number of hydrogen-bond donors (Lipinski definition) is 2. The average molecular weight is 414 g/mol. The van der Waals surface area contributed by atoms with Gasteiger partial charge in [0.25, 0.3) is 6.47 Å². The van der Waals surface area contributed by atoms with Crippen molar-refractivity contribution in [2.24, 2.45) is 11.8 Å². The Morgan fingerprint density at radius 3 is 2.87 bits per heavy atom. The van der Waals surface area contributed by atoms with E-state index in [0.29, 0.717) is 11.8 Å². The van der Waals surface area contributed by atoms with Gasteiger partial charge in [0.2, 0.25) is 0 Å². The Morgan fingerprint density at radius 1 is 1.30 bits per heavy atom. The highest BCUT2D eigenvalue weighted by atomic mass is 16.5. The highest BCUT2D eigenvalue weighted by Crippen LogP contribution is 2.55. The van der Waals surface area contributed by atoms with Gasteiger partial charge in [0.05, 0.1) is 18.3 Å². The molecule has 0 unspecified atom stereocenters. The minimum absolute atomic E-state index is 0.0207. The molecule has 2 aromatic carbocycles. The number of aliphatic hydroxyl groups excluding tert-OH is 1. The Morgan fingerprint density at radius 2 is 2.10 bits per heavy atom. The number of benzene rings is 2. The Bertz CT molecular complexity index is 887. The van der Waals surface area contributed by atoms with Gasteiger partial charge in [0, 0.05) is 43.6 Å². The van der Waals surface area contributed by atoms with Gasteiger partial charge in [-0.3, -0.25) is 9.69 Å². The highest BCUT2D eigenvalue weighted by molar-refractivity contribution is 5.87. The van der Waals surface area contributed by atoms with Crippen LogP contribution in [0.1, 0.15) is 31.7 Å². The summed E-state index contributed by atoms with van der Waals surface area (Å²) in [4.78, 5) is 10.9. The summed E-state index contributed by atoms with van der Waals surface area (Å²) in [5, 5.41) is 19.3. The molecular formula is C24H31NO5. The van der Waals surface area contributed by atoms with E-state index in [0.717, 1.165) is 51.3 Å². The Hall–Kier alpha value is -2.15. The molecule has 2 N–H and O–H groups in total. The molecule has 2 aromatic rings. The number of rotatable bonds is 6. The zero-order chi connectivity index (χ0) is 21.1. The summed E-state index contributed by atoms with van der Waals surface area (Å²) in [5.41, 5.74) is 1.26. The lowest BCUT2D eigenvalue weighted by Gasteiger charge is -2.28. The summed E-state index contributed by atoms with van der Waals surface area (Å²) in [6, 6.07) is 12.9. The van der Waals surface area contributed by atoms with Crippen LogP contribution >= 0.6 is 0 Å². The third-order valence-electron chi connectivity index (χ3n) is 6.91. The van der Waals surface area contributed by atoms with Crippen LogP contribution in [0.2, 0.25) is 0 Å². The lowest BCUT2D eigenvalue weighted by atomic mass is 9.74. The molecule has 0 saturated carbocycles. The fourth-order valence-electron chi connectivity index (χ4n) is 5.70. The Balaban J connectivity index is 0.000000687. The molecule has 30 heavy (non-hydrogen) atoms. The van der Waals surface area contributed by atoms with E-state index < -0.39 is 0 Å². The minimum Gasteiger partial charge on any atom is -0.493 e. The normalized spacial score (nSPS) is 29.5. The fourth-order valence-corrected chi connectivity index (χ4v) is 5.70. The summed E-state index contributed by atoms with van der Waals surface area (Å²) in [5.74, 6) is 1.79. The fraction of sp³-hybridized carbons (Fsp3) is 0.542. The molecule has 6 heteroatoms. The van der Waals surface area contributed by atoms with Crippen LogP contribution in [0.5, 0.6) is 5.75 Å². The summed E-state index contributed by atoms with van der Waals surface area (Å²) in [6.45, 7) is 5.76. The lowest BCUT2D eigenvalue weighted by Crippen LogP contribution is -2.37. The lowest BCUT2D eigenvalue weighted by molar-refractivity contribution is -0.122. The van der Waals surface area contributed by atoms with Gasteiger partial charge >= 0.3 is 0 Å². The van der Waals surface area contributed by atoms with Crippen molar-refractivity contribution in [1.29, 1.82) is 0 Å². The molecule has 2 bridgehead atoms. The monoisotopic (exact) mass is 413 g/mol. The predicted octanol–water partition coefficient (Wildman–Crippen LogP) is 3.30. The number of hydrogen-bond acceptors (Lipinski definition) is 5. The van der Waals surface area contributed by atoms with Gasteiger partial charge in [-0.05, 0) is 36.1 Å². The van der Waals surface area contributed by atoms with Crippen molar-refractivity contribution in [3.63, 3.8) is 0 Å². The van der Waals surface area contributed by atoms with Crippen LogP contribution in [0.25, 0.3) is 10.8 Å². The summed E-state index contributed by atoms with van der Waals surface area (Å²) in [6.07, 6.45) is 3.54. The van der Waals surface area contributed by atoms with Crippen LogP contribution in [-0.2, 0) is 16.1 Å². The van der Waals surface area contributed by atoms with E-state index in [2.05, 4.69) is 48.2 Å². The Kier molecular flexibility index (Phi) is 6.27. The van der Waals surface area contributed by atoms with E-state index in [9.17, 15) is 5.11 Å². The number of aliphatic hydroxyl groups is 1. The SMILES string of the molecule is CCCOc1ccc2ccccc2c1CN1C[C@@H]2[C@H](CO)[C@H]3CC[C@]2(C1)O3.O=CO. The van der Waals surface area contributed by atoms with Gasteiger partial charge in [0.15, 0.2) is 0 Å². The molecule has 6 nitrogen and oxygen atoms in total. The predicted molar refractivity (Wildman–Crippen MR) is 115 cm³/mol. The molecule has 0 amide bonds. The number of nitrogens with zero attached hydrogens (tertiary/aromatic N) is 1. The molecule has 0 aromatic heterocycles. The standard InChI is InChI=1S/C23H29NO3.CH2O2/c1-2-11-26-21-8-7-16-5-3-4-6-17(16)18(21)12-24-13-20-19(14-25)22-9-10-23(20,15-24)27-22;2-1-3/h3-8,19-20,22,25H,2,9-15H2,1H3;1H,(H,2,3)/t19-,20+,22+,23+;/m0./s1. The molecule has 3 saturated heterocycles. The first-order chi connectivity index (χ1) is 14.7. The maximum absolute atomic E-state index is 9.87. The largest absolute Gasteiger partial charge is 0.493 e. The first-order valence-electron chi connectivity index (χ1n) is 10.9. The van der Waals surface area contributed by atoms with E-state index in [-0.39, 0.29) is 24.8 Å². The zero-order valence-corrected chi connectivity index (χ0v) is 17.5. The zero-order valence-electron chi connectivity index (χ0n) is 17.5. The molecule has 0 radical (unpaired) electrons. The molecule has 3 heterocycles. The summed E-state index contributed by atoms with van der Waals surface area (Å²) in [7, 11) is 0. The second-order valence-corrected chi connectivity index (χ2v) is 8.60. The van der Waals surface area contributed by atoms with Crippen LogP contribution in [0, 0.1) is 11.8 Å². The van der Waals surface area contributed by atoms with Crippen molar-refractivity contribution in [2.75, 3.05) is 26.3 Å². The van der Waals surface area contributed by atoms with Crippen molar-refractivity contribution in [3.8, 4) is 5.75 Å². The molecular weight excluding hydrogens is 382 g/mol.